The van der Waals surface area contributed by atoms with Crippen molar-refractivity contribution < 1.29 is 26.2 Å². The van der Waals surface area contributed by atoms with Gasteiger partial charge in [-0.2, -0.15) is 22.9 Å². The van der Waals surface area contributed by atoms with Gasteiger partial charge in [-0.15, -0.1) is 69.7 Å². The summed E-state index contributed by atoms with van der Waals surface area (Å²) < 4.78 is 0. The Morgan fingerprint density at radius 1 is 0.667 bits per heavy atom. The fourth-order valence-electron chi connectivity index (χ4n) is 3.19. The molecule has 0 radical (unpaired) electrons. The molecule has 0 saturated carbocycles. The summed E-state index contributed by atoms with van der Waals surface area (Å²) in [5.41, 5.74) is 0. The summed E-state index contributed by atoms with van der Waals surface area (Å²) in [6, 6.07) is 26.9. The van der Waals surface area contributed by atoms with Crippen molar-refractivity contribution in [3.63, 3.8) is 0 Å². The van der Waals surface area contributed by atoms with E-state index in [0.29, 0.717) is 0 Å². The van der Waals surface area contributed by atoms with Crippen LogP contribution in [0.2, 0.25) is 13.1 Å². The first-order valence-electron chi connectivity index (χ1n) is 7.46. The molecule has 0 heterocycles. The van der Waals surface area contributed by atoms with Crippen LogP contribution in [0.5, 0.6) is 0 Å². The Morgan fingerprint density at radius 3 is 1.42 bits per heavy atom. The zero-order valence-electron chi connectivity index (χ0n) is 14.9. The summed E-state index contributed by atoms with van der Waals surface area (Å²) in [4.78, 5) is 0. The van der Waals surface area contributed by atoms with Gasteiger partial charge in [0, 0.05) is 0 Å². The minimum absolute atomic E-state index is 0. The molecule has 0 nitrogen and oxygen atoms in total. The van der Waals surface area contributed by atoms with Crippen LogP contribution < -0.4 is 10.4 Å². The summed E-state index contributed by atoms with van der Waals surface area (Å²) in [5.74, 6) is 0. The number of benzene rings is 2. The van der Waals surface area contributed by atoms with Crippen molar-refractivity contribution in [2.24, 2.45) is 0 Å². The van der Waals surface area contributed by atoms with Gasteiger partial charge in [0.2, 0.25) is 0 Å². The summed E-state index contributed by atoms with van der Waals surface area (Å²) in [5, 5.41) is 8.51. The van der Waals surface area contributed by atoms with Crippen LogP contribution in [0.25, 0.3) is 21.5 Å². The Morgan fingerprint density at radius 2 is 1.04 bits per heavy atom. The molecule has 4 rings (SSSR count). The first kappa shape index (κ1) is 20.8. The maximum atomic E-state index is 2.45. The maximum absolute atomic E-state index is 2.45. The second-order valence-corrected chi connectivity index (χ2v) is 10.8. The van der Waals surface area contributed by atoms with Gasteiger partial charge in [0.15, 0.2) is 0 Å². The molecular formula is C22H24SiZr. The van der Waals surface area contributed by atoms with Crippen molar-refractivity contribution in [3.05, 3.63) is 87.6 Å². The number of hydrogen-bond donors (Lipinski definition) is 0. The summed E-state index contributed by atoms with van der Waals surface area (Å²) in [6.07, 6.45) is 0. The SMILES string of the molecule is C[Si](C)(c1cc2ccccc2[cH-]1)c1cc2ccccc2[cH-]1.[CH3-].[CH3-].[Zr+4]. The van der Waals surface area contributed by atoms with E-state index in [2.05, 4.69) is 85.9 Å². The molecule has 4 aromatic rings. The summed E-state index contributed by atoms with van der Waals surface area (Å²) in [6.45, 7) is 4.91. The zero-order chi connectivity index (χ0) is 14.4. The van der Waals surface area contributed by atoms with E-state index in [9.17, 15) is 0 Å². The van der Waals surface area contributed by atoms with Gasteiger partial charge >= 0.3 is 26.2 Å². The van der Waals surface area contributed by atoms with Gasteiger partial charge in [0.05, 0.1) is 8.07 Å². The van der Waals surface area contributed by atoms with Crippen molar-refractivity contribution in [2.75, 3.05) is 0 Å². The van der Waals surface area contributed by atoms with Crippen LogP contribution in [0.3, 0.4) is 0 Å². The van der Waals surface area contributed by atoms with Crippen LogP contribution >= 0.6 is 0 Å². The monoisotopic (exact) mass is 406 g/mol. The minimum atomic E-state index is -1.62. The van der Waals surface area contributed by atoms with E-state index in [4.69, 9.17) is 0 Å². The number of fused-ring (bicyclic) bond motifs is 2. The topological polar surface area (TPSA) is 0 Å². The predicted molar refractivity (Wildman–Crippen MR) is 109 cm³/mol. The summed E-state index contributed by atoms with van der Waals surface area (Å²) >= 11 is 0. The molecule has 0 atom stereocenters. The molecular weight excluding hydrogens is 384 g/mol. The molecule has 0 bridgehead atoms. The molecule has 0 fully saturated rings. The molecule has 0 amide bonds. The third kappa shape index (κ3) is 3.41. The minimum Gasteiger partial charge on any atom is -0.358 e. The maximum Gasteiger partial charge on any atom is 4.00 e. The Hall–Kier alpha value is -1.24. The molecule has 0 aliphatic rings. The molecule has 24 heavy (non-hydrogen) atoms. The fourth-order valence-corrected chi connectivity index (χ4v) is 5.59. The van der Waals surface area contributed by atoms with Gasteiger partial charge in [0.25, 0.3) is 0 Å². The molecule has 4 aromatic carbocycles. The van der Waals surface area contributed by atoms with Gasteiger partial charge in [-0.25, -0.2) is 0 Å². The Kier molecular flexibility index (Phi) is 6.73. The van der Waals surface area contributed by atoms with Crippen LogP contribution in [0, 0.1) is 14.9 Å². The Balaban J connectivity index is 0.000000960. The van der Waals surface area contributed by atoms with E-state index in [1.54, 1.807) is 0 Å². The van der Waals surface area contributed by atoms with Gasteiger partial charge in [0.1, 0.15) is 0 Å². The van der Waals surface area contributed by atoms with Gasteiger partial charge in [-0.3, -0.25) is 0 Å². The Bertz CT molecular complexity index is 785. The van der Waals surface area contributed by atoms with Gasteiger partial charge in [-0.1, -0.05) is 25.2 Å². The third-order valence-corrected chi connectivity index (χ3v) is 8.14. The molecule has 120 valence electrons. The quantitative estimate of drug-likeness (QED) is 0.318. The molecule has 0 aliphatic carbocycles. The number of rotatable bonds is 2. The normalized spacial score (nSPS) is 10.8. The first-order valence-corrected chi connectivity index (χ1v) is 10.5. The Labute approximate surface area is 166 Å². The predicted octanol–water partition coefficient (Wildman–Crippen LogP) is 5.15. The van der Waals surface area contributed by atoms with Crippen molar-refractivity contribution in [2.45, 2.75) is 13.1 Å². The van der Waals surface area contributed by atoms with E-state index < -0.39 is 8.07 Å². The zero-order valence-corrected chi connectivity index (χ0v) is 18.4. The van der Waals surface area contributed by atoms with E-state index in [-0.39, 0.29) is 41.1 Å². The second kappa shape index (κ2) is 7.76. The average Bonchev–Trinajstić information content (AvgIpc) is 3.11. The van der Waals surface area contributed by atoms with Crippen LogP contribution in [0.1, 0.15) is 0 Å². The molecule has 0 aromatic heterocycles. The van der Waals surface area contributed by atoms with E-state index in [1.807, 2.05) is 0 Å². The van der Waals surface area contributed by atoms with Crippen molar-refractivity contribution >= 4 is 40.0 Å². The number of hydrogen-bond acceptors (Lipinski definition) is 0. The van der Waals surface area contributed by atoms with E-state index in [0.717, 1.165) is 0 Å². The molecule has 0 saturated heterocycles. The molecule has 0 aliphatic heterocycles. The first-order chi connectivity index (χ1) is 10.1. The van der Waals surface area contributed by atoms with E-state index >= 15 is 0 Å². The van der Waals surface area contributed by atoms with Crippen molar-refractivity contribution in [1.82, 2.24) is 0 Å². The molecule has 0 unspecified atom stereocenters. The van der Waals surface area contributed by atoms with E-state index in [1.165, 1.54) is 31.9 Å². The van der Waals surface area contributed by atoms with Gasteiger partial charge < -0.3 is 14.9 Å². The third-order valence-electron chi connectivity index (χ3n) is 4.68. The van der Waals surface area contributed by atoms with Crippen LogP contribution in [0.4, 0.5) is 0 Å². The van der Waals surface area contributed by atoms with Crippen molar-refractivity contribution in [1.29, 1.82) is 0 Å². The van der Waals surface area contributed by atoms with Crippen molar-refractivity contribution in [3.8, 4) is 0 Å². The molecule has 0 spiro atoms. The standard InChI is InChI=1S/C20H18Si.2CH3.Zr/c1-21(2,19-11-15-7-3-4-8-16(15)12-19)20-13-17-9-5-6-10-18(17)14-20;;;/h3-14H,1-2H3;2*1H3;/q-2;2*-1;+4. The largest absolute Gasteiger partial charge is 4.00 e. The fraction of sp³-hybridized carbons (Fsp3) is 0.0909. The van der Waals surface area contributed by atoms with Gasteiger partial charge in [-0.05, 0) is 0 Å². The van der Waals surface area contributed by atoms with Crippen LogP contribution in [0.15, 0.2) is 72.8 Å². The smallest absolute Gasteiger partial charge is 0.358 e. The molecule has 0 N–H and O–H groups in total. The second-order valence-electron chi connectivity index (χ2n) is 6.37. The summed E-state index contributed by atoms with van der Waals surface area (Å²) in [7, 11) is -1.62. The molecule has 2 heteroatoms. The average molecular weight is 408 g/mol. The van der Waals surface area contributed by atoms with Crippen LogP contribution in [-0.2, 0) is 26.2 Å². The van der Waals surface area contributed by atoms with Crippen LogP contribution in [-0.4, -0.2) is 8.07 Å².